The fourth-order valence-electron chi connectivity index (χ4n) is 7.99. The van der Waals surface area contributed by atoms with Crippen molar-refractivity contribution in [1.82, 2.24) is 10.6 Å². The van der Waals surface area contributed by atoms with Crippen molar-refractivity contribution in [2.75, 3.05) is 5.32 Å². The molecule has 4 aliphatic rings. The largest absolute Gasteiger partial charge is 0.393 e. The van der Waals surface area contributed by atoms with E-state index in [-0.39, 0.29) is 29.4 Å². The number of amides is 2. The Morgan fingerprint density at radius 2 is 1.80 bits per heavy atom. The van der Waals surface area contributed by atoms with Crippen molar-refractivity contribution in [1.29, 1.82) is 5.26 Å². The first-order chi connectivity index (χ1) is 19.1. The molecule has 2 aliphatic heterocycles. The number of halogens is 1. The molecule has 4 N–H and O–H groups in total. The van der Waals surface area contributed by atoms with Gasteiger partial charge in [-0.3, -0.25) is 14.9 Å². The van der Waals surface area contributed by atoms with Gasteiger partial charge >= 0.3 is 0 Å². The van der Waals surface area contributed by atoms with E-state index >= 15 is 0 Å². The van der Waals surface area contributed by atoms with Crippen molar-refractivity contribution >= 4 is 29.1 Å². The molecule has 2 saturated carbocycles. The third-order valence-electron chi connectivity index (χ3n) is 10.2. The number of carbonyl (C=O) groups is 2. The van der Waals surface area contributed by atoms with Crippen LogP contribution < -0.4 is 16.0 Å². The molecule has 7 nitrogen and oxygen atoms in total. The van der Waals surface area contributed by atoms with E-state index in [1.54, 1.807) is 12.1 Å². The second-order valence-electron chi connectivity index (χ2n) is 13.0. The summed E-state index contributed by atoms with van der Waals surface area (Å²) in [6, 6.07) is 14.5. The number of nitrogens with zero attached hydrogens (tertiary/aromatic N) is 1. The molecule has 0 bridgehead atoms. The maximum Gasteiger partial charge on any atom is 0.238 e. The van der Waals surface area contributed by atoms with Crippen LogP contribution in [0, 0.1) is 16.7 Å². The number of aliphatic hydroxyl groups excluding tert-OH is 1. The van der Waals surface area contributed by atoms with Gasteiger partial charge in [0.15, 0.2) is 0 Å². The number of nitriles is 1. The van der Waals surface area contributed by atoms with Crippen LogP contribution in [0.25, 0.3) is 0 Å². The molecule has 1 saturated heterocycles. The smallest absolute Gasteiger partial charge is 0.238 e. The Hall–Kier alpha value is -2.92. The fourth-order valence-corrected chi connectivity index (χ4v) is 8.19. The summed E-state index contributed by atoms with van der Waals surface area (Å²) in [7, 11) is 0. The van der Waals surface area contributed by atoms with Gasteiger partial charge in [-0.25, -0.2) is 0 Å². The van der Waals surface area contributed by atoms with Crippen LogP contribution in [0.5, 0.6) is 0 Å². The summed E-state index contributed by atoms with van der Waals surface area (Å²) < 4.78 is 0. The van der Waals surface area contributed by atoms with E-state index in [2.05, 4.69) is 35.9 Å². The van der Waals surface area contributed by atoms with Gasteiger partial charge in [0, 0.05) is 28.2 Å². The Labute approximate surface area is 240 Å². The molecule has 2 amide bonds. The van der Waals surface area contributed by atoms with Crippen molar-refractivity contribution in [2.24, 2.45) is 5.41 Å². The first kappa shape index (κ1) is 27.3. The summed E-state index contributed by atoms with van der Waals surface area (Å²) in [4.78, 5) is 28.8. The van der Waals surface area contributed by atoms with Crippen molar-refractivity contribution in [3.63, 3.8) is 0 Å². The van der Waals surface area contributed by atoms with Gasteiger partial charge in [0.2, 0.25) is 11.8 Å². The van der Waals surface area contributed by atoms with E-state index in [0.29, 0.717) is 29.1 Å². The van der Waals surface area contributed by atoms with Crippen LogP contribution in [0.4, 0.5) is 5.69 Å². The van der Waals surface area contributed by atoms with Crippen LogP contribution in [-0.2, 0) is 15.0 Å². The van der Waals surface area contributed by atoms with Crippen LogP contribution in [0.1, 0.15) is 87.8 Å². The van der Waals surface area contributed by atoms with Crippen LogP contribution in [0.2, 0.25) is 5.02 Å². The van der Waals surface area contributed by atoms with Crippen LogP contribution in [0.3, 0.4) is 0 Å². The molecule has 6 rings (SSSR count). The molecule has 8 heteroatoms. The number of benzene rings is 2. The Kier molecular flexibility index (Phi) is 6.72. The standard InChI is InChI=1S/C32H37ClN4O3/c1-30(2)12-14-31(15-13-30)32(24-11-6-19(18-34)16-25(24)36-29(32)40)26(20-4-3-5-21(33)17-20)27(37-31)28(39)35-22-7-9-23(38)10-8-22/h3-6,11,16-17,22-23,26-27,37-38H,7-10,12-15H2,1-2H3,(H,35,39)(H,36,40)/t22-,23-,26-,27+,32+/m0/s1. The average molecular weight is 561 g/mol. The summed E-state index contributed by atoms with van der Waals surface area (Å²) in [6.07, 6.45) is 5.79. The van der Waals surface area contributed by atoms with Gasteiger partial charge in [-0.15, -0.1) is 0 Å². The van der Waals surface area contributed by atoms with E-state index in [1.165, 1.54) is 0 Å². The van der Waals surface area contributed by atoms with Gasteiger partial charge in [-0.1, -0.05) is 43.6 Å². The summed E-state index contributed by atoms with van der Waals surface area (Å²) in [5, 5.41) is 30.4. The highest BCUT2D eigenvalue weighted by Crippen LogP contribution is 2.63. The highest BCUT2D eigenvalue weighted by molar-refractivity contribution is 6.30. The highest BCUT2D eigenvalue weighted by atomic mass is 35.5. The Balaban J connectivity index is 1.52. The lowest BCUT2D eigenvalue weighted by atomic mass is 9.53. The molecule has 2 spiro atoms. The van der Waals surface area contributed by atoms with Crippen LogP contribution in [0.15, 0.2) is 42.5 Å². The van der Waals surface area contributed by atoms with E-state index in [9.17, 15) is 20.0 Å². The molecule has 0 aromatic heterocycles. The monoisotopic (exact) mass is 560 g/mol. The van der Waals surface area contributed by atoms with E-state index in [4.69, 9.17) is 11.6 Å². The molecule has 3 fully saturated rings. The summed E-state index contributed by atoms with van der Waals surface area (Å²) in [5.74, 6) is -0.774. The van der Waals surface area contributed by atoms with Crippen molar-refractivity contribution in [3.8, 4) is 6.07 Å². The fraction of sp³-hybridized carbons (Fsp3) is 0.531. The first-order valence-electron chi connectivity index (χ1n) is 14.5. The number of fused-ring (bicyclic) bond motifs is 3. The summed E-state index contributed by atoms with van der Waals surface area (Å²) in [6.45, 7) is 4.53. The van der Waals surface area contributed by atoms with Gasteiger partial charge in [0.05, 0.1) is 23.8 Å². The van der Waals surface area contributed by atoms with Crippen LogP contribution >= 0.6 is 11.6 Å². The topological polar surface area (TPSA) is 114 Å². The normalized spacial score (nSPS) is 31.9. The molecular weight excluding hydrogens is 524 g/mol. The molecule has 0 radical (unpaired) electrons. The molecular formula is C32H37ClN4O3. The van der Waals surface area contributed by atoms with E-state index < -0.39 is 22.9 Å². The minimum atomic E-state index is -1.07. The zero-order valence-corrected chi connectivity index (χ0v) is 23.9. The quantitative estimate of drug-likeness (QED) is 0.425. The van der Waals surface area contributed by atoms with Crippen LogP contribution in [-0.4, -0.2) is 40.6 Å². The number of rotatable bonds is 3. The number of hydrogen-bond donors (Lipinski definition) is 4. The molecule has 0 unspecified atom stereocenters. The van der Waals surface area contributed by atoms with Crippen molar-refractivity contribution < 1.29 is 14.7 Å². The lowest BCUT2D eigenvalue weighted by Gasteiger charge is -2.50. The number of nitrogens with one attached hydrogen (secondary N) is 3. The Bertz CT molecular complexity index is 1380. The van der Waals surface area contributed by atoms with Gasteiger partial charge in [0.1, 0.15) is 5.41 Å². The maximum absolute atomic E-state index is 14.5. The number of anilines is 1. The lowest BCUT2D eigenvalue weighted by molar-refractivity contribution is -0.125. The molecule has 2 aliphatic carbocycles. The Morgan fingerprint density at radius 1 is 1.07 bits per heavy atom. The SMILES string of the molecule is CC1(C)CCC2(CC1)N[C@@H](C(=O)N[C@H]1CC[C@H](O)CC1)[C@H](c1cccc(Cl)c1)[C@]21C(=O)Nc2cc(C#N)ccc21. The van der Waals surface area contributed by atoms with Gasteiger partial charge in [0.25, 0.3) is 0 Å². The second kappa shape index (κ2) is 9.87. The number of hydrogen-bond acceptors (Lipinski definition) is 5. The molecule has 40 heavy (non-hydrogen) atoms. The zero-order valence-electron chi connectivity index (χ0n) is 23.1. The second-order valence-corrected chi connectivity index (χ2v) is 13.5. The van der Waals surface area contributed by atoms with Gasteiger partial charge in [-0.05, 0) is 92.2 Å². The lowest BCUT2D eigenvalue weighted by Crippen LogP contribution is -2.61. The number of carbonyl (C=O) groups excluding carboxylic acids is 2. The summed E-state index contributed by atoms with van der Waals surface area (Å²) >= 11 is 6.52. The van der Waals surface area contributed by atoms with Crippen molar-refractivity contribution in [3.05, 3.63) is 64.2 Å². The predicted molar refractivity (Wildman–Crippen MR) is 154 cm³/mol. The van der Waals surface area contributed by atoms with Gasteiger partial charge < -0.3 is 15.7 Å². The van der Waals surface area contributed by atoms with Gasteiger partial charge in [-0.2, -0.15) is 5.26 Å². The average Bonchev–Trinajstić information content (AvgIpc) is 3.39. The highest BCUT2D eigenvalue weighted by Gasteiger charge is 2.72. The van der Waals surface area contributed by atoms with E-state index in [1.807, 2.05) is 30.3 Å². The molecule has 2 aromatic carbocycles. The molecule has 3 atom stereocenters. The third kappa shape index (κ3) is 4.24. The van der Waals surface area contributed by atoms with E-state index in [0.717, 1.165) is 49.7 Å². The zero-order chi connectivity index (χ0) is 28.3. The summed E-state index contributed by atoms with van der Waals surface area (Å²) in [5.41, 5.74) is 1.20. The number of aliphatic hydroxyl groups is 1. The maximum atomic E-state index is 14.5. The minimum Gasteiger partial charge on any atom is -0.393 e. The van der Waals surface area contributed by atoms with Crippen molar-refractivity contribution in [2.45, 2.75) is 100 Å². The molecule has 210 valence electrons. The molecule has 2 aromatic rings. The minimum absolute atomic E-state index is 0.0154. The first-order valence-corrected chi connectivity index (χ1v) is 14.8. The molecule has 2 heterocycles. The predicted octanol–water partition coefficient (Wildman–Crippen LogP) is 4.92. The Morgan fingerprint density at radius 3 is 2.48 bits per heavy atom. The third-order valence-corrected chi connectivity index (χ3v) is 10.4.